The summed E-state index contributed by atoms with van der Waals surface area (Å²) in [7, 11) is 0. The molecule has 0 saturated carbocycles. The molecule has 0 saturated heterocycles. The largest absolute Gasteiger partial charge is 0.490 e. The van der Waals surface area contributed by atoms with E-state index in [9.17, 15) is 0 Å². The molecular formula is C10H9NO. The maximum absolute atomic E-state index is 5.53. The van der Waals surface area contributed by atoms with E-state index in [1.54, 1.807) is 0 Å². The van der Waals surface area contributed by atoms with E-state index in [-0.39, 0.29) is 0 Å². The zero-order chi connectivity index (χ0) is 7.97. The van der Waals surface area contributed by atoms with E-state index in [1.807, 2.05) is 12.1 Å². The fourth-order valence-corrected chi connectivity index (χ4v) is 1.78. The van der Waals surface area contributed by atoms with Crippen molar-refractivity contribution in [1.29, 1.82) is 0 Å². The SMILES string of the molecule is c1cc2c3c(c1)ccn3CCO2. The molecule has 0 radical (unpaired) electrons. The Morgan fingerprint density at radius 2 is 2.25 bits per heavy atom. The first kappa shape index (κ1) is 6.12. The molecule has 1 aliphatic heterocycles. The molecule has 0 fully saturated rings. The summed E-state index contributed by atoms with van der Waals surface area (Å²) in [4.78, 5) is 0. The lowest BCUT2D eigenvalue weighted by Gasteiger charge is -2.16. The number of ether oxygens (including phenoxy) is 1. The van der Waals surface area contributed by atoms with E-state index in [0.717, 1.165) is 18.9 Å². The van der Waals surface area contributed by atoms with Crippen LogP contribution in [0, 0.1) is 0 Å². The number of para-hydroxylation sites is 1. The molecule has 0 atom stereocenters. The predicted molar refractivity (Wildman–Crippen MR) is 47.4 cm³/mol. The van der Waals surface area contributed by atoms with E-state index in [1.165, 1.54) is 10.9 Å². The lowest BCUT2D eigenvalue weighted by molar-refractivity contribution is 0.287. The molecule has 1 aromatic heterocycles. The normalized spacial score (nSPS) is 14.7. The van der Waals surface area contributed by atoms with Crippen LogP contribution < -0.4 is 4.74 Å². The molecule has 2 heterocycles. The van der Waals surface area contributed by atoms with Crippen LogP contribution in [0.1, 0.15) is 0 Å². The van der Waals surface area contributed by atoms with Gasteiger partial charge in [-0.3, -0.25) is 0 Å². The molecule has 3 rings (SSSR count). The van der Waals surface area contributed by atoms with Crippen LogP contribution in [0.25, 0.3) is 10.9 Å². The van der Waals surface area contributed by atoms with Crippen LogP contribution in [0.4, 0.5) is 0 Å². The number of benzene rings is 1. The fourth-order valence-electron chi connectivity index (χ4n) is 1.78. The van der Waals surface area contributed by atoms with E-state index in [2.05, 4.69) is 22.9 Å². The minimum atomic E-state index is 0.792. The van der Waals surface area contributed by atoms with Crippen LogP contribution >= 0.6 is 0 Å². The Hall–Kier alpha value is -1.44. The summed E-state index contributed by atoms with van der Waals surface area (Å²) in [5.41, 5.74) is 1.24. The van der Waals surface area contributed by atoms with Crippen LogP contribution in [-0.4, -0.2) is 11.2 Å². The van der Waals surface area contributed by atoms with Crippen LogP contribution in [0.5, 0.6) is 5.75 Å². The maximum atomic E-state index is 5.53. The van der Waals surface area contributed by atoms with Gasteiger partial charge >= 0.3 is 0 Å². The highest BCUT2D eigenvalue weighted by molar-refractivity contribution is 5.86. The molecule has 2 nitrogen and oxygen atoms in total. The van der Waals surface area contributed by atoms with E-state index >= 15 is 0 Å². The van der Waals surface area contributed by atoms with Crippen molar-refractivity contribution in [3.8, 4) is 5.75 Å². The third-order valence-electron chi connectivity index (χ3n) is 2.34. The van der Waals surface area contributed by atoms with Crippen molar-refractivity contribution in [3.63, 3.8) is 0 Å². The highest BCUT2D eigenvalue weighted by atomic mass is 16.5. The minimum absolute atomic E-state index is 0.792. The summed E-state index contributed by atoms with van der Waals surface area (Å²) < 4.78 is 7.78. The topological polar surface area (TPSA) is 14.2 Å². The molecule has 60 valence electrons. The van der Waals surface area contributed by atoms with E-state index < -0.39 is 0 Å². The van der Waals surface area contributed by atoms with Crippen molar-refractivity contribution in [2.45, 2.75) is 6.54 Å². The smallest absolute Gasteiger partial charge is 0.143 e. The Morgan fingerprint density at radius 1 is 1.25 bits per heavy atom. The average molecular weight is 159 g/mol. The van der Waals surface area contributed by atoms with Crippen LogP contribution in [0.15, 0.2) is 30.5 Å². The number of aromatic nitrogens is 1. The highest BCUT2D eigenvalue weighted by Gasteiger charge is 2.11. The zero-order valence-electron chi connectivity index (χ0n) is 6.66. The molecule has 0 N–H and O–H groups in total. The van der Waals surface area contributed by atoms with Crippen molar-refractivity contribution in [2.24, 2.45) is 0 Å². The number of nitrogens with zero attached hydrogens (tertiary/aromatic N) is 1. The number of hydrogen-bond donors (Lipinski definition) is 0. The molecule has 0 bridgehead atoms. The van der Waals surface area contributed by atoms with E-state index in [0.29, 0.717) is 0 Å². The van der Waals surface area contributed by atoms with Gasteiger partial charge in [0, 0.05) is 11.6 Å². The Balaban J connectivity index is 2.50. The molecular weight excluding hydrogens is 150 g/mol. The van der Waals surface area contributed by atoms with Gasteiger partial charge in [-0.05, 0) is 12.1 Å². The van der Waals surface area contributed by atoms with Crippen LogP contribution in [0.3, 0.4) is 0 Å². The van der Waals surface area contributed by atoms with E-state index in [4.69, 9.17) is 4.74 Å². The van der Waals surface area contributed by atoms with Gasteiger partial charge in [0.2, 0.25) is 0 Å². The number of rotatable bonds is 0. The maximum Gasteiger partial charge on any atom is 0.143 e. The second kappa shape index (κ2) is 2.03. The second-order valence-corrected chi connectivity index (χ2v) is 3.05. The summed E-state index contributed by atoms with van der Waals surface area (Å²) in [5.74, 6) is 1.02. The quantitative estimate of drug-likeness (QED) is 0.573. The van der Waals surface area contributed by atoms with Gasteiger partial charge in [0.1, 0.15) is 12.4 Å². The van der Waals surface area contributed by atoms with Crippen molar-refractivity contribution in [3.05, 3.63) is 30.5 Å². The molecule has 0 aliphatic carbocycles. The zero-order valence-corrected chi connectivity index (χ0v) is 6.66. The number of hydrogen-bond acceptors (Lipinski definition) is 1. The molecule has 0 unspecified atom stereocenters. The lowest BCUT2D eigenvalue weighted by atomic mass is 10.2. The summed E-state index contributed by atoms with van der Waals surface area (Å²) in [6.45, 7) is 1.77. The van der Waals surface area contributed by atoms with Gasteiger partial charge in [0.15, 0.2) is 0 Å². The first-order valence-corrected chi connectivity index (χ1v) is 4.16. The molecule has 1 aromatic carbocycles. The third-order valence-corrected chi connectivity index (χ3v) is 2.34. The Labute approximate surface area is 70.4 Å². The molecule has 1 aliphatic rings. The molecule has 0 amide bonds. The fraction of sp³-hybridized carbons (Fsp3) is 0.200. The summed E-state index contributed by atoms with van der Waals surface area (Å²) in [6.07, 6.45) is 2.12. The summed E-state index contributed by atoms with van der Waals surface area (Å²) >= 11 is 0. The van der Waals surface area contributed by atoms with Gasteiger partial charge in [-0.15, -0.1) is 0 Å². The standard InChI is InChI=1S/C10H9NO/c1-2-8-4-5-11-6-7-12-9(3-1)10(8)11/h1-5H,6-7H2. The van der Waals surface area contributed by atoms with Crippen molar-refractivity contribution < 1.29 is 4.74 Å². The second-order valence-electron chi connectivity index (χ2n) is 3.05. The average Bonchev–Trinajstić information content (AvgIpc) is 2.52. The first-order chi connectivity index (χ1) is 5.95. The molecule has 0 spiro atoms. The van der Waals surface area contributed by atoms with Gasteiger partial charge in [0.05, 0.1) is 12.1 Å². The van der Waals surface area contributed by atoms with Crippen molar-refractivity contribution in [1.82, 2.24) is 4.57 Å². The van der Waals surface area contributed by atoms with Crippen LogP contribution in [-0.2, 0) is 6.54 Å². The Kier molecular flexibility index (Phi) is 1.04. The van der Waals surface area contributed by atoms with Crippen molar-refractivity contribution in [2.75, 3.05) is 6.61 Å². The lowest BCUT2D eigenvalue weighted by Crippen LogP contribution is -2.12. The summed E-state index contributed by atoms with van der Waals surface area (Å²) in [5, 5.41) is 1.27. The first-order valence-electron chi connectivity index (χ1n) is 4.16. The van der Waals surface area contributed by atoms with Crippen molar-refractivity contribution >= 4 is 10.9 Å². The summed E-state index contributed by atoms with van der Waals surface area (Å²) in [6, 6.07) is 8.31. The molecule has 2 aromatic rings. The van der Waals surface area contributed by atoms with Gasteiger partial charge in [-0.25, -0.2) is 0 Å². The van der Waals surface area contributed by atoms with Gasteiger partial charge in [-0.1, -0.05) is 12.1 Å². The Bertz CT molecular complexity index is 430. The predicted octanol–water partition coefficient (Wildman–Crippen LogP) is 2.03. The van der Waals surface area contributed by atoms with Gasteiger partial charge in [-0.2, -0.15) is 0 Å². The molecule has 2 heteroatoms. The molecule has 12 heavy (non-hydrogen) atoms. The van der Waals surface area contributed by atoms with Gasteiger partial charge in [0.25, 0.3) is 0 Å². The minimum Gasteiger partial charge on any atom is -0.490 e. The highest BCUT2D eigenvalue weighted by Crippen LogP contribution is 2.28. The third kappa shape index (κ3) is 0.644. The van der Waals surface area contributed by atoms with Crippen LogP contribution in [0.2, 0.25) is 0 Å². The Morgan fingerprint density at radius 3 is 3.25 bits per heavy atom. The van der Waals surface area contributed by atoms with Gasteiger partial charge < -0.3 is 9.30 Å². The monoisotopic (exact) mass is 159 g/mol.